The van der Waals surface area contributed by atoms with Crippen molar-refractivity contribution in [3.8, 4) is 0 Å². The van der Waals surface area contributed by atoms with Gasteiger partial charge in [-0.3, -0.25) is 14.5 Å². The molecule has 8 nitrogen and oxygen atoms in total. The lowest BCUT2D eigenvalue weighted by atomic mass is 10.1. The van der Waals surface area contributed by atoms with Crippen LogP contribution in [0.4, 0.5) is 0 Å². The van der Waals surface area contributed by atoms with Gasteiger partial charge in [0.1, 0.15) is 5.84 Å². The van der Waals surface area contributed by atoms with Gasteiger partial charge in [0, 0.05) is 12.1 Å². The van der Waals surface area contributed by atoms with Crippen molar-refractivity contribution in [1.29, 1.82) is 0 Å². The lowest BCUT2D eigenvalue weighted by Gasteiger charge is -2.16. The Kier molecular flexibility index (Phi) is 6.36. The molecule has 0 saturated heterocycles. The molecule has 1 amide bonds. The molecule has 1 heterocycles. The standard InChI is InChI=1S/C17H23N3O5S/c1-4-9-18-14(21)10-25-17(22)15(11(2)3)19-16-12-7-5-6-8-13(12)26(23,24)20-16/h5-8,11,15H,4,9-10H2,1-3H3,(H,18,21)(H,19,20)/t15-/m0/s1. The van der Waals surface area contributed by atoms with Gasteiger partial charge in [-0.1, -0.05) is 32.9 Å². The van der Waals surface area contributed by atoms with Gasteiger partial charge in [-0.2, -0.15) is 0 Å². The van der Waals surface area contributed by atoms with E-state index >= 15 is 0 Å². The van der Waals surface area contributed by atoms with Crippen LogP contribution in [-0.4, -0.2) is 45.3 Å². The van der Waals surface area contributed by atoms with E-state index in [0.717, 1.165) is 6.42 Å². The number of amides is 1. The number of fused-ring (bicyclic) bond motifs is 1. The first-order valence-electron chi connectivity index (χ1n) is 8.39. The average Bonchev–Trinajstić information content (AvgIpc) is 2.86. The third kappa shape index (κ3) is 4.60. The molecule has 0 aromatic heterocycles. The van der Waals surface area contributed by atoms with Gasteiger partial charge in [0.05, 0.1) is 4.90 Å². The number of carbonyl (C=O) groups excluding carboxylic acids is 2. The monoisotopic (exact) mass is 381 g/mol. The van der Waals surface area contributed by atoms with Crippen LogP contribution in [0.15, 0.2) is 34.2 Å². The Morgan fingerprint density at radius 2 is 1.96 bits per heavy atom. The number of benzene rings is 1. The van der Waals surface area contributed by atoms with Gasteiger partial charge in [-0.15, -0.1) is 0 Å². The van der Waals surface area contributed by atoms with Crippen molar-refractivity contribution >= 4 is 27.7 Å². The van der Waals surface area contributed by atoms with E-state index in [2.05, 4.69) is 15.0 Å². The van der Waals surface area contributed by atoms with E-state index in [1.54, 1.807) is 32.0 Å². The highest BCUT2D eigenvalue weighted by Gasteiger charge is 2.33. The van der Waals surface area contributed by atoms with Crippen LogP contribution in [0.25, 0.3) is 0 Å². The molecular weight excluding hydrogens is 358 g/mol. The molecule has 2 rings (SSSR count). The molecule has 1 aromatic carbocycles. The van der Waals surface area contributed by atoms with Gasteiger partial charge in [0.2, 0.25) is 0 Å². The number of nitrogens with one attached hydrogen (secondary N) is 2. The Bertz CT molecular complexity index is 817. The Labute approximate surface area is 153 Å². The fraction of sp³-hybridized carbons (Fsp3) is 0.471. The van der Waals surface area contributed by atoms with Crippen LogP contribution < -0.4 is 10.0 Å². The lowest BCUT2D eigenvalue weighted by molar-refractivity contribution is -0.150. The minimum atomic E-state index is -3.68. The number of rotatable bonds is 7. The molecule has 142 valence electrons. The fourth-order valence-corrected chi connectivity index (χ4v) is 3.62. The quantitative estimate of drug-likeness (QED) is 0.679. The number of nitrogens with zero attached hydrogens (tertiary/aromatic N) is 1. The van der Waals surface area contributed by atoms with E-state index in [1.165, 1.54) is 6.07 Å². The smallest absolute Gasteiger partial charge is 0.331 e. The highest BCUT2D eigenvalue weighted by molar-refractivity contribution is 7.90. The van der Waals surface area contributed by atoms with Crippen molar-refractivity contribution in [2.75, 3.05) is 13.2 Å². The van der Waals surface area contributed by atoms with E-state index in [9.17, 15) is 18.0 Å². The van der Waals surface area contributed by atoms with Crippen LogP contribution in [0.2, 0.25) is 0 Å². The molecule has 2 N–H and O–H groups in total. The summed E-state index contributed by atoms with van der Waals surface area (Å²) in [4.78, 5) is 28.3. The van der Waals surface area contributed by atoms with Crippen molar-refractivity contribution in [1.82, 2.24) is 10.0 Å². The van der Waals surface area contributed by atoms with Crippen LogP contribution >= 0.6 is 0 Å². The van der Waals surface area contributed by atoms with Crippen LogP contribution in [0, 0.1) is 5.92 Å². The summed E-state index contributed by atoms with van der Waals surface area (Å²) in [7, 11) is -3.68. The first kappa shape index (κ1) is 19.9. The number of esters is 1. The maximum absolute atomic E-state index is 12.3. The van der Waals surface area contributed by atoms with E-state index in [1.807, 2.05) is 6.92 Å². The molecule has 9 heteroatoms. The van der Waals surface area contributed by atoms with Gasteiger partial charge in [0.25, 0.3) is 15.9 Å². The Morgan fingerprint density at radius 1 is 1.27 bits per heavy atom. The predicted octanol–water partition coefficient (Wildman–Crippen LogP) is 0.819. The maximum Gasteiger partial charge on any atom is 0.331 e. The molecular formula is C17H23N3O5S. The molecule has 1 aliphatic rings. The predicted molar refractivity (Wildman–Crippen MR) is 96.2 cm³/mol. The number of carbonyl (C=O) groups is 2. The Morgan fingerprint density at radius 3 is 2.62 bits per heavy atom. The summed E-state index contributed by atoms with van der Waals surface area (Å²) in [6.45, 7) is 5.56. The summed E-state index contributed by atoms with van der Waals surface area (Å²) in [6, 6.07) is 5.47. The zero-order valence-electron chi connectivity index (χ0n) is 15.0. The third-order valence-corrected chi connectivity index (χ3v) is 5.12. The van der Waals surface area contributed by atoms with Crippen molar-refractivity contribution in [2.24, 2.45) is 10.9 Å². The molecule has 26 heavy (non-hydrogen) atoms. The number of hydrogen-bond donors (Lipinski definition) is 2. The Balaban J connectivity index is 2.17. The largest absolute Gasteiger partial charge is 0.454 e. The van der Waals surface area contributed by atoms with Crippen LogP contribution in [0.5, 0.6) is 0 Å². The molecule has 0 aliphatic carbocycles. The Hall–Kier alpha value is -2.42. The summed E-state index contributed by atoms with van der Waals surface area (Å²) in [6.07, 6.45) is 0.779. The molecule has 0 fully saturated rings. The molecule has 1 atom stereocenters. The zero-order chi connectivity index (χ0) is 19.3. The summed E-state index contributed by atoms with van der Waals surface area (Å²) in [5.41, 5.74) is 0.409. The van der Waals surface area contributed by atoms with E-state index < -0.39 is 28.6 Å². The number of aliphatic imine (C=N–C) groups is 1. The van der Waals surface area contributed by atoms with Gasteiger partial charge < -0.3 is 10.1 Å². The minimum absolute atomic E-state index is 0.103. The topological polar surface area (TPSA) is 114 Å². The van der Waals surface area contributed by atoms with Crippen molar-refractivity contribution in [3.63, 3.8) is 0 Å². The summed E-state index contributed by atoms with van der Waals surface area (Å²) in [5.74, 6) is -1.21. The van der Waals surface area contributed by atoms with Crippen LogP contribution in [0.1, 0.15) is 32.8 Å². The number of sulfonamides is 1. The van der Waals surface area contributed by atoms with Gasteiger partial charge >= 0.3 is 5.97 Å². The van der Waals surface area contributed by atoms with E-state index in [4.69, 9.17) is 4.74 Å². The van der Waals surface area contributed by atoms with Crippen LogP contribution in [-0.2, 0) is 24.3 Å². The molecule has 0 radical (unpaired) electrons. The average molecular weight is 381 g/mol. The second-order valence-corrected chi connectivity index (χ2v) is 7.88. The lowest BCUT2D eigenvalue weighted by Crippen LogP contribution is -2.35. The van der Waals surface area contributed by atoms with Gasteiger partial charge in [-0.05, 0) is 24.5 Å². The number of ether oxygens (including phenoxy) is 1. The highest BCUT2D eigenvalue weighted by Crippen LogP contribution is 2.23. The first-order valence-corrected chi connectivity index (χ1v) is 9.88. The second-order valence-electron chi connectivity index (χ2n) is 6.23. The summed E-state index contributed by atoms with van der Waals surface area (Å²) in [5, 5.41) is 2.61. The first-order chi connectivity index (χ1) is 12.3. The maximum atomic E-state index is 12.3. The molecule has 0 bridgehead atoms. The number of hydrogen-bond acceptors (Lipinski definition) is 6. The van der Waals surface area contributed by atoms with Crippen molar-refractivity contribution in [2.45, 2.75) is 38.1 Å². The molecule has 0 saturated carbocycles. The van der Waals surface area contributed by atoms with Crippen LogP contribution in [0.3, 0.4) is 0 Å². The highest BCUT2D eigenvalue weighted by atomic mass is 32.2. The van der Waals surface area contributed by atoms with Crippen molar-refractivity contribution < 1.29 is 22.7 Å². The number of amidine groups is 1. The molecule has 1 aromatic rings. The molecule has 0 spiro atoms. The van der Waals surface area contributed by atoms with Gasteiger partial charge in [-0.25, -0.2) is 13.2 Å². The van der Waals surface area contributed by atoms with E-state index in [-0.39, 0.29) is 22.6 Å². The molecule has 1 aliphatic heterocycles. The minimum Gasteiger partial charge on any atom is -0.454 e. The third-order valence-electron chi connectivity index (χ3n) is 3.72. The SMILES string of the molecule is CCCNC(=O)COC(=O)[C@@H](N=C1NS(=O)(=O)c2ccccc21)C(C)C. The normalized spacial score (nSPS) is 17.5. The zero-order valence-corrected chi connectivity index (χ0v) is 15.8. The second kappa shape index (κ2) is 8.31. The summed E-state index contributed by atoms with van der Waals surface area (Å²) >= 11 is 0. The van der Waals surface area contributed by atoms with E-state index in [0.29, 0.717) is 12.1 Å². The molecule has 0 unspecified atom stereocenters. The van der Waals surface area contributed by atoms with Gasteiger partial charge in [0.15, 0.2) is 12.6 Å². The summed E-state index contributed by atoms with van der Waals surface area (Å²) < 4.78 is 31.7. The fourth-order valence-electron chi connectivity index (χ4n) is 2.38. The van der Waals surface area contributed by atoms with Crippen molar-refractivity contribution in [3.05, 3.63) is 29.8 Å².